The Balaban J connectivity index is 2.76. The van der Waals surface area contributed by atoms with Crippen molar-refractivity contribution in [1.82, 2.24) is 9.97 Å². The van der Waals surface area contributed by atoms with E-state index in [9.17, 15) is 0 Å². The van der Waals surface area contributed by atoms with E-state index in [1.807, 2.05) is 19.9 Å². The molecule has 0 aliphatic heterocycles. The van der Waals surface area contributed by atoms with Gasteiger partial charge < -0.3 is 15.4 Å². The predicted octanol–water partition coefficient (Wildman–Crippen LogP) is 3.04. The second-order valence-corrected chi connectivity index (χ2v) is 6.09. The first-order chi connectivity index (χ1) is 9.32. The molecule has 0 fully saturated rings. The van der Waals surface area contributed by atoms with Gasteiger partial charge in [0.05, 0.1) is 12.7 Å². The van der Waals surface area contributed by atoms with E-state index in [4.69, 9.17) is 4.74 Å². The van der Waals surface area contributed by atoms with Crippen LogP contribution in [0, 0.1) is 0 Å². The number of hydrogen-bond acceptors (Lipinski definition) is 5. The highest BCUT2D eigenvalue weighted by Crippen LogP contribution is 2.22. The van der Waals surface area contributed by atoms with Gasteiger partial charge in [-0.15, -0.1) is 0 Å². The fourth-order valence-electron chi connectivity index (χ4n) is 1.62. The van der Waals surface area contributed by atoms with Gasteiger partial charge in [-0.25, -0.2) is 9.97 Å². The Kier molecular flexibility index (Phi) is 6.20. The van der Waals surface area contributed by atoms with Crippen LogP contribution in [-0.4, -0.2) is 35.8 Å². The molecule has 1 aromatic rings. The lowest BCUT2D eigenvalue weighted by Crippen LogP contribution is -2.20. The molecular formula is C15H28N4O. The van der Waals surface area contributed by atoms with Gasteiger partial charge in [-0.2, -0.15) is 0 Å². The van der Waals surface area contributed by atoms with Gasteiger partial charge in [0.1, 0.15) is 17.5 Å². The molecule has 5 nitrogen and oxygen atoms in total. The van der Waals surface area contributed by atoms with E-state index < -0.39 is 0 Å². The summed E-state index contributed by atoms with van der Waals surface area (Å²) >= 11 is 0. The van der Waals surface area contributed by atoms with Crippen LogP contribution in [0.5, 0.6) is 0 Å². The minimum absolute atomic E-state index is 0.0731. The number of hydrogen-bond donors (Lipinski definition) is 2. The van der Waals surface area contributed by atoms with Crippen molar-refractivity contribution in [2.75, 3.05) is 30.3 Å². The Morgan fingerprint density at radius 3 is 2.25 bits per heavy atom. The van der Waals surface area contributed by atoms with Crippen molar-refractivity contribution >= 4 is 11.6 Å². The number of ether oxygens (including phenoxy) is 1. The van der Waals surface area contributed by atoms with Crippen molar-refractivity contribution in [2.45, 2.75) is 53.1 Å². The largest absolute Gasteiger partial charge is 0.377 e. The van der Waals surface area contributed by atoms with Gasteiger partial charge in [-0.05, 0) is 20.8 Å². The third-order valence-electron chi connectivity index (χ3n) is 2.61. The molecule has 0 aromatic carbocycles. The maximum absolute atomic E-state index is 5.52. The van der Waals surface area contributed by atoms with E-state index in [2.05, 4.69) is 48.3 Å². The summed E-state index contributed by atoms with van der Waals surface area (Å²) < 4.78 is 5.52. The molecule has 0 aliphatic carbocycles. The molecule has 0 saturated heterocycles. The Morgan fingerprint density at radius 2 is 1.75 bits per heavy atom. The third kappa shape index (κ3) is 5.74. The molecule has 0 atom stereocenters. The van der Waals surface area contributed by atoms with Crippen molar-refractivity contribution < 1.29 is 4.74 Å². The van der Waals surface area contributed by atoms with Crippen LogP contribution in [-0.2, 0) is 10.2 Å². The molecule has 0 saturated carbocycles. The summed E-state index contributed by atoms with van der Waals surface area (Å²) in [5.74, 6) is 2.54. The molecule has 0 bridgehead atoms. The molecule has 0 spiro atoms. The number of nitrogens with zero attached hydrogens (tertiary/aromatic N) is 2. The zero-order valence-electron chi connectivity index (χ0n) is 13.6. The Labute approximate surface area is 122 Å². The summed E-state index contributed by atoms with van der Waals surface area (Å²) in [7, 11) is 0. The highest BCUT2D eigenvalue weighted by atomic mass is 16.5. The molecule has 2 N–H and O–H groups in total. The molecule has 0 radical (unpaired) electrons. The standard InChI is InChI=1S/C15H28N4O/c1-7-16-12-10-13(17-8-9-20-11(2)3)19-14(18-12)15(4,5)6/h10-11H,7-9H2,1-6H3,(H2,16,17,18,19). The normalized spacial score (nSPS) is 11.8. The van der Waals surface area contributed by atoms with Crippen LogP contribution in [0.2, 0.25) is 0 Å². The molecule has 114 valence electrons. The van der Waals surface area contributed by atoms with E-state index in [1.165, 1.54) is 0 Å². The Hall–Kier alpha value is -1.36. The quantitative estimate of drug-likeness (QED) is 0.752. The molecule has 5 heteroatoms. The first-order valence-electron chi connectivity index (χ1n) is 7.32. The lowest BCUT2D eigenvalue weighted by atomic mass is 9.96. The lowest BCUT2D eigenvalue weighted by Gasteiger charge is -2.19. The number of aromatic nitrogens is 2. The van der Waals surface area contributed by atoms with Crippen molar-refractivity contribution in [3.63, 3.8) is 0 Å². The molecule has 1 aromatic heterocycles. The summed E-state index contributed by atoms with van der Waals surface area (Å²) in [6, 6.07) is 1.94. The molecule has 20 heavy (non-hydrogen) atoms. The average molecular weight is 280 g/mol. The van der Waals surface area contributed by atoms with E-state index >= 15 is 0 Å². The Bertz CT molecular complexity index is 413. The van der Waals surface area contributed by atoms with Crippen LogP contribution in [0.3, 0.4) is 0 Å². The van der Waals surface area contributed by atoms with Crippen LogP contribution < -0.4 is 10.6 Å². The van der Waals surface area contributed by atoms with Gasteiger partial charge in [0.2, 0.25) is 0 Å². The first-order valence-corrected chi connectivity index (χ1v) is 7.32. The molecule has 1 rings (SSSR count). The van der Waals surface area contributed by atoms with E-state index in [-0.39, 0.29) is 11.5 Å². The van der Waals surface area contributed by atoms with Crippen molar-refractivity contribution in [3.8, 4) is 0 Å². The summed E-state index contributed by atoms with van der Waals surface area (Å²) in [5.41, 5.74) is -0.0731. The van der Waals surface area contributed by atoms with E-state index in [0.717, 1.165) is 30.5 Å². The summed E-state index contributed by atoms with van der Waals surface area (Å²) in [5, 5.41) is 6.54. The molecular weight excluding hydrogens is 252 g/mol. The van der Waals surface area contributed by atoms with Crippen LogP contribution >= 0.6 is 0 Å². The monoisotopic (exact) mass is 280 g/mol. The van der Waals surface area contributed by atoms with E-state index in [0.29, 0.717) is 6.61 Å². The van der Waals surface area contributed by atoms with Crippen molar-refractivity contribution in [3.05, 3.63) is 11.9 Å². The first kappa shape index (κ1) is 16.7. The smallest absolute Gasteiger partial charge is 0.138 e. The summed E-state index contributed by atoms with van der Waals surface area (Å²) in [4.78, 5) is 9.14. The van der Waals surface area contributed by atoms with Gasteiger partial charge in [-0.1, -0.05) is 20.8 Å². The maximum Gasteiger partial charge on any atom is 0.138 e. The van der Waals surface area contributed by atoms with Gasteiger partial charge in [0, 0.05) is 24.6 Å². The second-order valence-electron chi connectivity index (χ2n) is 6.09. The highest BCUT2D eigenvalue weighted by molar-refractivity contribution is 5.48. The number of anilines is 2. The van der Waals surface area contributed by atoms with Crippen molar-refractivity contribution in [1.29, 1.82) is 0 Å². The zero-order valence-corrected chi connectivity index (χ0v) is 13.6. The Morgan fingerprint density at radius 1 is 1.15 bits per heavy atom. The zero-order chi connectivity index (χ0) is 15.2. The van der Waals surface area contributed by atoms with Crippen LogP contribution in [0.4, 0.5) is 11.6 Å². The van der Waals surface area contributed by atoms with Crippen molar-refractivity contribution in [2.24, 2.45) is 0 Å². The summed E-state index contributed by atoms with van der Waals surface area (Å²) in [6.07, 6.45) is 0.254. The molecule has 1 heterocycles. The van der Waals surface area contributed by atoms with Gasteiger partial charge in [0.15, 0.2) is 0 Å². The fraction of sp³-hybridized carbons (Fsp3) is 0.733. The minimum Gasteiger partial charge on any atom is -0.377 e. The molecule has 0 unspecified atom stereocenters. The summed E-state index contributed by atoms with van der Waals surface area (Å²) in [6.45, 7) is 14.7. The maximum atomic E-state index is 5.52. The van der Waals surface area contributed by atoms with Gasteiger partial charge >= 0.3 is 0 Å². The van der Waals surface area contributed by atoms with Crippen LogP contribution in [0.25, 0.3) is 0 Å². The SMILES string of the molecule is CCNc1cc(NCCOC(C)C)nc(C(C)(C)C)n1. The van der Waals surface area contributed by atoms with Crippen LogP contribution in [0.15, 0.2) is 6.07 Å². The number of nitrogens with one attached hydrogen (secondary N) is 2. The van der Waals surface area contributed by atoms with Gasteiger partial charge in [-0.3, -0.25) is 0 Å². The third-order valence-corrected chi connectivity index (χ3v) is 2.61. The number of rotatable bonds is 7. The topological polar surface area (TPSA) is 59.1 Å². The lowest BCUT2D eigenvalue weighted by molar-refractivity contribution is 0.0870. The van der Waals surface area contributed by atoms with Crippen LogP contribution in [0.1, 0.15) is 47.4 Å². The highest BCUT2D eigenvalue weighted by Gasteiger charge is 2.19. The fourth-order valence-corrected chi connectivity index (χ4v) is 1.62. The van der Waals surface area contributed by atoms with E-state index in [1.54, 1.807) is 0 Å². The average Bonchev–Trinajstić information content (AvgIpc) is 2.33. The molecule has 0 amide bonds. The molecule has 0 aliphatic rings. The van der Waals surface area contributed by atoms with Gasteiger partial charge in [0.25, 0.3) is 0 Å². The predicted molar refractivity (Wildman–Crippen MR) is 84.5 cm³/mol. The second kappa shape index (κ2) is 7.43. The minimum atomic E-state index is -0.0731.